The van der Waals surface area contributed by atoms with E-state index in [-0.39, 0.29) is 22.2 Å². The van der Waals surface area contributed by atoms with Crippen molar-refractivity contribution < 1.29 is 19.1 Å². The molecule has 3 aromatic rings. The van der Waals surface area contributed by atoms with Crippen molar-refractivity contribution in [1.82, 2.24) is 14.8 Å². The molecule has 11 heteroatoms. The van der Waals surface area contributed by atoms with Gasteiger partial charge in [0.1, 0.15) is 5.69 Å². The Hall–Kier alpha value is -2.85. The topological polar surface area (TPSA) is 75.2 Å². The molecule has 8 nitrogen and oxygen atoms in total. The summed E-state index contributed by atoms with van der Waals surface area (Å²) in [4.78, 5) is 36.7. The minimum atomic E-state index is -0.424. The highest BCUT2D eigenvalue weighted by molar-refractivity contribution is 7.14. The van der Waals surface area contributed by atoms with Gasteiger partial charge in [-0.3, -0.25) is 14.5 Å². The lowest BCUT2D eigenvalue weighted by Gasteiger charge is -2.31. The predicted octanol–water partition coefficient (Wildman–Crippen LogP) is 4.83. The zero-order chi connectivity index (χ0) is 25.1. The molecule has 1 fully saturated rings. The summed E-state index contributed by atoms with van der Waals surface area (Å²) >= 11 is 13.6. The van der Waals surface area contributed by atoms with Gasteiger partial charge in [0.25, 0.3) is 11.8 Å². The van der Waals surface area contributed by atoms with Gasteiger partial charge in [0, 0.05) is 42.6 Å². The SMILES string of the molecule is COc1ccc(N(C(=O)c2ccc(Cl)cc2Cl)c2nc(C(=O)N3CCN(C)CC3)cs2)cc1OC. The number of benzene rings is 2. The van der Waals surface area contributed by atoms with Gasteiger partial charge in [-0.2, -0.15) is 0 Å². The zero-order valence-corrected chi connectivity index (χ0v) is 21.8. The fourth-order valence-electron chi connectivity index (χ4n) is 3.70. The van der Waals surface area contributed by atoms with Crippen molar-refractivity contribution in [3.8, 4) is 11.5 Å². The van der Waals surface area contributed by atoms with E-state index < -0.39 is 5.91 Å². The van der Waals surface area contributed by atoms with Crippen LogP contribution in [0.3, 0.4) is 0 Å². The highest BCUT2D eigenvalue weighted by Gasteiger charge is 2.28. The van der Waals surface area contributed by atoms with Crippen LogP contribution in [-0.2, 0) is 0 Å². The molecule has 0 spiro atoms. The number of thiazole rings is 1. The van der Waals surface area contributed by atoms with Crippen molar-refractivity contribution in [2.45, 2.75) is 0 Å². The molecular formula is C24H24Cl2N4O4S. The molecular weight excluding hydrogens is 511 g/mol. The van der Waals surface area contributed by atoms with E-state index in [0.29, 0.717) is 40.4 Å². The summed E-state index contributed by atoms with van der Waals surface area (Å²) in [5.74, 6) is 0.366. The molecule has 35 heavy (non-hydrogen) atoms. The Morgan fingerprint density at radius 1 is 1.00 bits per heavy atom. The number of amides is 2. The second-order valence-corrected chi connectivity index (χ2v) is 9.60. The average molecular weight is 535 g/mol. The molecule has 2 aromatic carbocycles. The van der Waals surface area contributed by atoms with Gasteiger partial charge in [-0.25, -0.2) is 4.98 Å². The maximum atomic E-state index is 13.7. The number of carbonyl (C=O) groups is 2. The van der Waals surface area contributed by atoms with E-state index in [1.807, 2.05) is 7.05 Å². The molecule has 1 aliphatic heterocycles. The number of halogens is 2. The molecule has 0 atom stereocenters. The summed E-state index contributed by atoms with van der Waals surface area (Å²) < 4.78 is 10.8. The lowest BCUT2D eigenvalue weighted by molar-refractivity contribution is 0.0658. The number of nitrogens with zero attached hydrogens (tertiary/aromatic N) is 4. The number of likely N-dealkylation sites (N-methyl/N-ethyl adjacent to an activating group) is 1. The maximum absolute atomic E-state index is 13.7. The number of hydrogen-bond donors (Lipinski definition) is 0. The molecule has 1 aromatic heterocycles. The summed E-state index contributed by atoms with van der Waals surface area (Å²) in [6.45, 7) is 2.85. The van der Waals surface area contributed by atoms with E-state index in [4.69, 9.17) is 32.7 Å². The first kappa shape index (κ1) is 25.2. The van der Waals surface area contributed by atoms with Crippen LogP contribution in [0.15, 0.2) is 41.8 Å². The number of hydrogen-bond acceptors (Lipinski definition) is 7. The van der Waals surface area contributed by atoms with Crippen molar-refractivity contribution in [3.05, 3.63) is 63.1 Å². The third-order valence-electron chi connectivity index (χ3n) is 5.68. The molecule has 4 rings (SSSR count). The molecule has 0 saturated carbocycles. The summed E-state index contributed by atoms with van der Waals surface area (Å²) in [6, 6.07) is 9.74. The van der Waals surface area contributed by atoms with Gasteiger partial charge in [-0.1, -0.05) is 23.2 Å². The van der Waals surface area contributed by atoms with Crippen LogP contribution in [0.2, 0.25) is 10.0 Å². The smallest absolute Gasteiger partial charge is 0.273 e. The van der Waals surface area contributed by atoms with E-state index in [9.17, 15) is 9.59 Å². The maximum Gasteiger partial charge on any atom is 0.273 e. The zero-order valence-electron chi connectivity index (χ0n) is 19.5. The number of methoxy groups -OCH3 is 2. The van der Waals surface area contributed by atoms with Crippen LogP contribution < -0.4 is 14.4 Å². The summed E-state index contributed by atoms with van der Waals surface area (Å²) in [6.07, 6.45) is 0. The van der Waals surface area contributed by atoms with E-state index >= 15 is 0 Å². The molecule has 0 aliphatic carbocycles. The predicted molar refractivity (Wildman–Crippen MR) is 138 cm³/mol. The third-order valence-corrected chi connectivity index (χ3v) is 7.06. The van der Waals surface area contributed by atoms with E-state index in [0.717, 1.165) is 13.1 Å². The molecule has 184 valence electrons. The first-order valence-corrected chi connectivity index (χ1v) is 12.4. The van der Waals surface area contributed by atoms with Gasteiger partial charge >= 0.3 is 0 Å². The molecule has 2 amide bonds. The lowest BCUT2D eigenvalue weighted by Crippen LogP contribution is -2.47. The van der Waals surface area contributed by atoms with Gasteiger partial charge in [-0.05, 0) is 37.4 Å². The Morgan fingerprint density at radius 3 is 2.37 bits per heavy atom. The highest BCUT2D eigenvalue weighted by atomic mass is 35.5. The minimum Gasteiger partial charge on any atom is -0.493 e. The van der Waals surface area contributed by atoms with Crippen LogP contribution in [0.1, 0.15) is 20.8 Å². The van der Waals surface area contributed by atoms with Gasteiger partial charge in [0.2, 0.25) is 0 Å². The molecule has 2 heterocycles. The molecule has 0 unspecified atom stereocenters. The minimum absolute atomic E-state index is 0.162. The van der Waals surface area contributed by atoms with Crippen molar-refractivity contribution in [2.75, 3.05) is 52.3 Å². The fraction of sp³-hybridized carbons (Fsp3) is 0.292. The summed E-state index contributed by atoms with van der Waals surface area (Å²) in [7, 11) is 5.07. The number of aromatic nitrogens is 1. The van der Waals surface area contributed by atoms with Crippen LogP contribution in [0, 0.1) is 0 Å². The normalized spacial score (nSPS) is 14.0. The summed E-state index contributed by atoms with van der Waals surface area (Å²) in [5, 5.41) is 2.61. The molecule has 1 saturated heterocycles. The molecule has 0 bridgehead atoms. The molecule has 0 radical (unpaired) electrons. The first-order chi connectivity index (χ1) is 16.8. The number of anilines is 2. The van der Waals surface area contributed by atoms with Gasteiger partial charge in [0.05, 0.1) is 30.5 Å². The van der Waals surface area contributed by atoms with E-state index in [1.165, 1.54) is 36.5 Å². The number of carbonyl (C=O) groups excluding carboxylic acids is 2. The summed E-state index contributed by atoms with van der Waals surface area (Å²) in [5.41, 5.74) is 1.01. The van der Waals surface area contributed by atoms with Crippen molar-refractivity contribution in [1.29, 1.82) is 0 Å². The monoisotopic (exact) mass is 534 g/mol. The van der Waals surface area contributed by atoms with Gasteiger partial charge in [0.15, 0.2) is 16.6 Å². The standard InChI is InChI=1S/C24H24Cl2N4O4S/c1-28-8-10-29(11-9-28)23(32)19-14-35-24(27-19)30(16-5-7-20(33-2)21(13-16)34-3)22(31)17-6-4-15(25)12-18(17)26/h4-7,12-14H,8-11H2,1-3H3. The number of rotatable bonds is 6. The van der Waals surface area contributed by atoms with Gasteiger partial charge < -0.3 is 19.3 Å². The Morgan fingerprint density at radius 2 is 1.71 bits per heavy atom. The first-order valence-electron chi connectivity index (χ1n) is 10.8. The average Bonchev–Trinajstić information content (AvgIpc) is 3.33. The van der Waals surface area contributed by atoms with Gasteiger partial charge in [-0.15, -0.1) is 11.3 Å². The number of piperazine rings is 1. The van der Waals surface area contributed by atoms with E-state index in [2.05, 4.69) is 9.88 Å². The van der Waals surface area contributed by atoms with Crippen molar-refractivity contribution in [3.63, 3.8) is 0 Å². The fourth-order valence-corrected chi connectivity index (χ4v) is 5.00. The number of ether oxygens (including phenoxy) is 2. The Balaban J connectivity index is 1.74. The van der Waals surface area contributed by atoms with E-state index in [1.54, 1.807) is 40.6 Å². The second-order valence-electron chi connectivity index (χ2n) is 7.91. The third kappa shape index (κ3) is 5.38. The van der Waals surface area contributed by atoms with Crippen LogP contribution in [0.4, 0.5) is 10.8 Å². The van der Waals surface area contributed by atoms with Crippen molar-refractivity contribution in [2.24, 2.45) is 0 Å². The Labute approximate surface area is 217 Å². The molecule has 0 N–H and O–H groups in total. The quantitative estimate of drug-likeness (QED) is 0.450. The van der Waals surface area contributed by atoms with Crippen LogP contribution in [0.5, 0.6) is 11.5 Å². The van der Waals surface area contributed by atoms with Crippen LogP contribution in [-0.4, -0.2) is 74.0 Å². The van der Waals surface area contributed by atoms with Crippen LogP contribution >= 0.6 is 34.5 Å². The lowest BCUT2D eigenvalue weighted by atomic mass is 10.1. The van der Waals surface area contributed by atoms with Crippen LogP contribution in [0.25, 0.3) is 0 Å². The Kier molecular flexibility index (Phi) is 7.81. The molecule has 1 aliphatic rings. The largest absolute Gasteiger partial charge is 0.493 e. The highest BCUT2D eigenvalue weighted by Crippen LogP contribution is 2.37. The second kappa shape index (κ2) is 10.8. The van der Waals surface area contributed by atoms with Crippen molar-refractivity contribution >= 4 is 57.2 Å². The Bertz CT molecular complexity index is 1240.